The maximum absolute atomic E-state index is 11.4. The Kier molecular flexibility index (Phi) is 4.54. The van der Waals surface area contributed by atoms with E-state index in [0.717, 1.165) is 17.6 Å². The number of hydrogen-bond acceptors (Lipinski definition) is 2. The monoisotopic (exact) mass is 204 g/mol. The van der Waals surface area contributed by atoms with Crippen LogP contribution < -0.4 is 5.32 Å². The largest absolute Gasteiger partial charge is 0.352 e. The fraction of sp³-hybridized carbons (Fsp3) is 0.333. The average Bonchev–Trinajstić information content (AvgIpc) is 2.25. The van der Waals surface area contributed by atoms with E-state index < -0.39 is 0 Å². The summed E-state index contributed by atoms with van der Waals surface area (Å²) in [6.07, 6.45) is 4.74. The van der Waals surface area contributed by atoms with Crippen LogP contribution in [0.5, 0.6) is 0 Å². The van der Waals surface area contributed by atoms with E-state index in [9.17, 15) is 4.79 Å². The summed E-state index contributed by atoms with van der Waals surface area (Å²) in [5.41, 5.74) is 2.10. The minimum Gasteiger partial charge on any atom is -0.352 e. The molecule has 3 heteroatoms. The molecule has 0 unspecified atom stereocenters. The predicted molar refractivity (Wildman–Crippen MR) is 60.4 cm³/mol. The van der Waals surface area contributed by atoms with Gasteiger partial charge in [0.1, 0.15) is 0 Å². The van der Waals surface area contributed by atoms with E-state index in [-0.39, 0.29) is 5.91 Å². The van der Waals surface area contributed by atoms with E-state index in [1.807, 2.05) is 19.1 Å². The third kappa shape index (κ3) is 4.96. The Morgan fingerprint density at radius 3 is 2.73 bits per heavy atom. The quantitative estimate of drug-likeness (QED) is 0.742. The summed E-state index contributed by atoms with van der Waals surface area (Å²) in [5, 5.41) is 2.80. The van der Waals surface area contributed by atoms with Crippen LogP contribution >= 0.6 is 0 Å². The molecule has 0 spiro atoms. The molecule has 0 aliphatic carbocycles. The van der Waals surface area contributed by atoms with Crippen LogP contribution in [0.25, 0.3) is 0 Å². The number of carbonyl (C=O) groups excluding carboxylic acids is 1. The Balaban J connectivity index is 2.26. The van der Waals surface area contributed by atoms with Crippen LogP contribution in [0.1, 0.15) is 18.9 Å². The zero-order valence-corrected chi connectivity index (χ0v) is 8.99. The van der Waals surface area contributed by atoms with Crippen LogP contribution in [0.2, 0.25) is 0 Å². The maximum atomic E-state index is 11.4. The third-order valence-electron chi connectivity index (χ3n) is 1.98. The second kappa shape index (κ2) is 5.96. The molecule has 0 radical (unpaired) electrons. The lowest BCUT2D eigenvalue weighted by atomic mass is 10.1. The normalized spacial score (nSPS) is 9.67. The molecule has 15 heavy (non-hydrogen) atoms. The molecule has 0 bridgehead atoms. The maximum Gasteiger partial charge on any atom is 0.220 e. The molecule has 1 N–H and O–H groups in total. The van der Waals surface area contributed by atoms with Crippen LogP contribution in [-0.2, 0) is 11.2 Å². The number of amides is 1. The van der Waals surface area contributed by atoms with E-state index >= 15 is 0 Å². The molecule has 3 nitrogen and oxygen atoms in total. The van der Waals surface area contributed by atoms with Crippen molar-refractivity contribution in [3.63, 3.8) is 0 Å². The molecule has 0 aromatic carbocycles. The zero-order chi connectivity index (χ0) is 11.1. The molecule has 1 rings (SSSR count). The molecular formula is C12H16N2O. The Morgan fingerprint density at radius 1 is 1.47 bits per heavy atom. The molecule has 0 saturated heterocycles. The van der Waals surface area contributed by atoms with E-state index in [0.29, 0.717) is 13.0 Å². The van der Waals surface area contributed by atoms with Crippen LogP contribution in [0.3, 0.4) is 0 Å². The number of carbonyl (C=O) groups is 1. The number of nitrogens with zero attached hydrogens (tertiary/aromatic N) is 1. The van der Waals surface area contributed by atoms with E-state index in [4.69, 9.17) is 0 Å². The summed E-state index contributed by atoms with van der Waals surface area (Å²) < 4.78 is 0. The molecule has 0 aliphatic rings. The van der Waals surface area contributed by atoms with Gasteiger partial charge >= 0.3 is 0 Å². The minimum absolute atomic E-state index is 0.0646. The van der Waals surface area contributed by atoms with Crippen molar-refractivity contribution >= 4 is 5.91 Å². The van der Waals surface area contributed by atoms with E-state index in [2.05, 4.69) is 16.9 Å². The van der Waals surface area contributed by atoms with Gasteiger partial charge in [0.25, 0.3) is 0 Å². The molecule has 1 aromatic rings. The van der Waals surface area contributed by atoms with Gasteiger partial charge in [0.2, 0.25) is 5.91 Å². The molecule has 1 amide bonds. The fourth-order valence-corrected chi connectivity index (χ4v) is 1.15. The van der Waals surface area contributed by atoms with Crippen molar-refractivity contribution < 1.29 is 4.79 Å². The van der Waals surface area contributed by atoms with Crippen molar-refractivity contribution in [1.82, 2.24) is 10.3 Å². The highest BCUT2D eigenvalue weighted by atomic mass is 16.1. The Morgan fingerprint density at radius 2 is 2.13 bits per heavy atom. The molecule has 80 valence electrons. The molecule has 0 saturated carbocycles. The van der Waals surface area contributed by atoms with Gasteiger partial charge in [-0.3, -0.25) is 9.78 Å². The highest BCUT2D eigenvalue weighted by molar-refractivity contribution is 5.76. The van der Waals surface area contributed by atoms with Gasteiger partial charge in [0.05, 0.1) is 0 Å². The van der Waals surface area contributed by atoms with Crippen molar-refractivity contribution in [2.24, 2.45) is 0 Å². The molecule has 1 aromatic heterocycles. The second-order valence-corrected chi connectivity index (χ2v) is 3.59. The predicted octanol–water partition coefficient (Wildman–Crippen LogP) is 1.71. The number of hydrogen-bond donors (Lipinski definition) is 1. The number of pyridine rings is 1. The lowest BCUT2D eigenvalue weighted by Gasteiger charge is -2.04. The van der Waals surface area contributed by atoms with Gasteiger partial charge in [-0.15, -0.1) is 0 Å². The number of aromatic nitrogens is 1. The first kappa shape index (κ1) is 11.4. The lowest BCUT2D eigenvalue weighted by molar-refractivity contribution is -0.120. The fourth-order valence-electron chi connectivity index (χ4n) is 1.15. The molecule has 1 heterocycles. The van der Waals surface area contributed by atoms with Crippen LogP contribution in [-0.4, -0.2) is 17.4 Å². The van der Waals surface area contributed by atoms with Gasteiger partial charge in [-0.05, 0) is 31.0 Å². The summed E-state index contributed by atoms with van der Waals surface area (Å²) in [6.45, 7) is 6.18. The van der Waals surface area contributed by atoms with Gasteiger partial charge < -0.3 is 5.32 Å². The molecule has 0 atom stereocenters. The molecular weight excluding hydrogens is 188 g/mol. The molecule has 0 fully saturated rings. The summed E-state index contributed by atoms with van der Waals surface area (Å²) in [4.78, 5) is 15.3. The summed E-state index contributed by atoms with van der Waals surface area (Å²) in [6, 6.07) is 3.85. The molecule has 0 aliphatic heterocycles. The summed E-state index contributed by atoms with van der Waals surface area (Å²) in [7, 11) is 0. The van der Waals surface area contributed by atoms with Crippen LogP contribution in [0.15, 0.2) is 36.7 Å². The van der Waals surface area contributed by atoms with Crippen molar-refractivity contribution in [2.75, 3.05) is 6.54 Å². The highest BCUT2D eigenvalue weighted by Crippen LogP contribution is 2.00. The first-order chi connectivity index (χ1) is 7.18. The number of aryl methyl sites for hydroxylation is 1. The van der Waals surface area contributed by atoms with Crippen LogP contribution in [0.4, 0.5) is 0 Å². The standard InChI is InChI=1S/C12H16N2O/c1-10(2)9-14-12(15)4-3-11-5-7-13-8-6-11/h5-8H,1,3-4,9H2,2H3,(H,14,15). The Hall–Kier alpha value is -1.64. The van der Waals surface area contributed by atoms with Crippen molar-refractivity contribution in [3.8, 4) is 0 Å². The Bertz CT molecular complexity index is 333. The second-order valence-electron chi connectivity index (χ2n) is 3.59. The SMILES string of the molecule is C=C(C)CNC(=O)CCc1ccncc1. The van der Waals surface area contributed by atoms with Crippen LogP contribution in [0, 0.1) is 0 Å². The van der Waals surface area contributed by atoms with E-state index in [1.165, 1.54) is 0 Å². The van der Waals surface area contributed by atoms with Gasteiger partial charge in [-0.25, -0.2) is 0 Å². The third-order valence-corrected chi connectivity index (χ3v) is 1.98. The van der Waals surface area contributed by atoms with Gasteiger partial charge in [-0.1, -0.05) is 12.2 Å². The average molecular weight is 204 g/mol. The van der Waals surface area contributed by atoms with Gasteiger partial charge in [-0.2, -0.15) is 0 Å². The van der Waals surface area contributed by atoms with Crippen molar-refractivity contribution in [1.29, 1.82) is 0 Å². The number of rotatable bonds is 5. The Labute approximate surface area is 90.2 Å². The minimum atomic E-state index is 0.0646. The lowest BCUT2D eigenvalue weighted by Crippen LogP contribution is -2.24. The van der Waals surface area contributed by atoms with Crippen molar-refractivity contribution in [3.05, 3.63) is 42.2 Å². The summed E-state index contributed by atoms with van der Waals surface area (Å²) >= 11 is 0. The zero-order valence-electron chi connectivity index (χ0n) is 8.99. The van der Waals surface area contributed by atoms with Gasteiger partial charge in [0.15, 0.2) is 0 Å². The smallest absolute Gasteiger partial charge is 0.220 e. The first-order valence-corrected chi connectivity index (χ1v) is 4.98. The topological polar surface area (TPSA) is 42.0 Å². The highest BCUT2D eigenvalue weighted by Gasteiger charge is 2.00. The van der Waals surface area contributed by atoms with Crippen molar-refractivity contribution in [2.45, 2.75) is 19.8 Å². The first-order valence-electron chi connectivity index (χ1n) is 4.98. The van der Waals surface area contributed by atoms with E-state index in [1.54, 1.807) is 12.4 Å². The summed E-state index contributed by atoms with van der Waals surface area (Å²) in [5.74, 6) is 0.0646. The number of nitrogens with one attached hydrogen (secondary N) is 1. The van der Waals surface area contributed by atoms with Gasteiger partial charge in [0, 0.05) is 25.4 Å².